The highest BCUT2D eigenvalue weighted by Gasteiger charge is 2.01. The van der Waals surface area contributed by atoms with Crippen molar-refractivity contribution in [3.63, 3.8) is 0 Å². The molecule has 0 fully saturated rings. The van der Waals surface area contributed by atoms with E-state index in [0.717, 1.165) is 13.0 Å². The Morgan fingerprint density at radius 3 is 2.47 bits per heavy atom. The fourth-order valence-corrected chi connectivity index (χ4v) is 1.23. The number of hydrogen-bond acceptors (Lipinski definition) is 3. The number of carbonyl (C=O) groups is 1. The first-order valence-corrected chi connectivity index (χ1v) is 6.48. The molecule has 4 heteroatoms. The Morgan fingerprint density at radius 2 is 1.88 bits per heavy atom. The lowest BCUT2D eigenvalue weighted by Gasteiger charge is -2.09. The van der Waals surface area contributed by atoms with Gasteiger partial charge in [0.2, 0.25) is 5.91 Å². The molecule has 0 heterocycles. The van der Waals surface area contributed by atoms with E-state index in [9.17, 15) is 4.79 Å². The maximum atomic E-state index is 11.4. The fourth-order valence-electron chi connectivity index (χ4n) is 1.23. The molecule has 4 nitrogen and oxygen atoms in total. The fraction of sp³-hybridized carbons (Fsp3) is 0.923. The summed E-state index contributed by atoms with van der Waals surface area (Å²) in [5.41, 5.74) is 0. The Morgan fingerprint density at radius 1 is 1.18 bits per heavy atom. The Bertz CT molecular complexity index is 193. The molecule has 0 atom stereocenters. The quantitative estimate of drug-likeness (QED) is 0.599. The van der Waals surface area contributed by atoms with Crippen LogP contribution in [0.2, 0.25) is 0 Å². The molecule has 0 aromatic rings. The normalized spacial score (nSPS) is 11.2. The van der Waals surface area contributed by atoms with E-state index in [2.05, 4.69) is 19.2 Å². The summed E-state index contributed by atoms with van der Waals surface area (Å²) >= 11 is 0. The summed E-state index contributed by atoms with van der Waals surface area (Å²) in [6.45, 7) is 10.8. The van der Waals surface area contributed by atoms with Crippen LogP contribution in [0.1, 0.15) is 40.5 Å². The third-order valence-corrected chi connectivity index (χ3v) is 2.02. The number of amides is 1. The Hall–Kier alpha value is -0.610. The van der Waals surface area contributed by atoms with E-state index in [1.165, 1.54) is 0 Å². The maximum absolute atomic E-state index is 11.4. The summed E-state index contributed by atoms with van der Waals surface area (Å²) < 4.78 is 10.7. The van der Waals surface area contributed by atoms with Crippen LogP contribution in [-0.2, 0) is 14.3 Å². The van der Waals surface area contributed by atoms with Crippen LogP contribution in [0.5, 0.6) is 0 Å². The molecule has 1 N–H and O–H groups in total. The number of carbonyl (C=O) groups excluding carboxylic acids is 1. The van der Waals surface area contributed by atoms with Gasteiger partial charge in [-0.25, -0.2) is 0 Å². The molecule has 0 aliphatic heterocycles. The zero-order valence-electron chi connectivity index (χ0n) is 11.6. The first-order valence-electron chi connectivity index (χ1n) is 6.48. The van der Waals surface area contributed by atoms with E-state index in [-0.39, 0.29) is 12.0 Å². The highest BCUT2D eigenvalue weighted by molar-refractivity contribution is 5.75. The minimum atomic E-state index is 0.0745. The molecule has 1 amide bonds. The molecule has 0 aliphatic carbocycles. The molecular weight excluding hydrogens is 218 g/mol. The van der Waals surface area contributed by atoms with Crippen molar-refractivity contribution in [3.8, 4) is 0 Å². The minimum Gasteiger partial charge on any atom is -0.381 e. The second-order valence-corrected chi connectivity index (χ2v) is 4.84. The summed E-state index contributed by atoms with van der Waals surface area (Å²) in [7, 11) is 0. The smallest absolute Gasteiger partial charge is 0.220 e. The zero-order valence-corrected chi connectivity index (χ0v) is 11.6. The SMILES string of the molecule is CC(C)COCCCC(=O)NCCOC(C)C. The van der Waals surface area contributed by atoms with Crippen LogP contribution in [0.4, 0.5) is 0 Å². The lowest BCUT2D eigenvalue weighted by molar-refractivity contribution is -0.121. The van der Waals surface area contributed by atoms with Crippen LogP contribution in [0.15, 0.2) is 0 Å². The molecule has 0 spiro atoms. The van der Waals surface area contributed by atoms with Crippen LogP contribution < -0.4 is 5.32 Å². The molecule has 0 aromatic heterocycles. The minimum absolute atomic E-state index is 0.0745. The molecular formula is C13H27NO3. The summed E-state index contributed by atoms with van der Waals surface area (Å²) in [6, 6.07) is 0. The molecule has 0 aromatic carbocycles. The average molecular weight is 245 g/mol. The van der Waals surface area contributed by atoms with Crippen LogP contribution in [0.3, 0.4) is 0 Å². The maximum Gasteiger partial charge on any atom is 0.220 e. The van der Waals surface area contributed by atoms with Gasteiger partial charge in [0.05, 0.1) is 12.7 Å². The van der Waals surface area contributed by atoms with Gasteiger partial charge in [0.1, 0.15) is 0 Å². The summed E-state index contributed by atoms with van der Waals surface area (Å²) in [5, 5.41) is 2.82. The predicted molar refractivity (Wildman–Crippen MR) is 69.0 cm³/mol. The van der Waals surface area contributed by atoms with Gasteiger partial charge in [-0.3, -0.25) is 4.79 Å². The number of hydrogen-bond donors (Lipinski definition) is 1. The van der Waals surface area contributed by atoms with Crippen molar-refractivity contribution in [1.29, 1.82) is 0 Å². The van der Waals surface area contributed by atoms with Crippen molar-refractivity contribution in [2.75, 3.05) is 26.4 Å². The molecule has 0 radical (unpaired) electrons. The van der Waals surface area contributed by atoms with Gasteiger partial charge in [0.15, 0.2) is 0 Å². The molecule has 0 unspecified atom stereocenters. The first kappa shape index (κ1) is 16.4. The van der Waals surface area contributed by atoms with Gasteiger partial charge < -0.3 is 14.8 Å². The van der Waals surface area contributed by atoms with Gasteiger partial charge in [-0.2, -0.15) is 0 Å². The Labute approximate surface area is 105 Å². The van der Waals surface area contributed by atoms with Gasteiger partial charge in [-0.05, 0) is 26.2 Å². The van der Waals surface area contributed by atoms with E-state index in [4.69, 9.17) is 9.47 Å². The van der Waals surface area contributed by atoms with Gasteiger partial charge in [-0.15, -0.1) is 0 Å². The van der Waals surface area contributed by atoms with Crippen molar-refractivity contribution in [2.24, 2.45) is 5.92 Å². The van der Waals surface area contributed by atoms with Gasteiger partial charge in [-0.1, -0.05) is 13.8 Å². The molecule has 0 saturated heterocycles. The monoisotopic (exact) mass is 245 g/mol. The lowest BCUT2D eigenvalue weighted by atomic mass is 10.2. The zero-order chi connectivity index (χ0) is 13.1. The van der Waals surface area contributed by atoms with Crippen LogP contribution in [0, 0.1) is 5.92 Å². The van der Waals surface area contributed by atoms with Crippen LogP contribution >= 0.6 is 0 Å². The molecule has 0 saturated carbocycles. The van der Waals surface area contributed by atoms with Gasteiger partial charge >= 0.3 is 0 Å². The van der Waals surface area contributed by atoms with E-state index in [1.807, 2.05) is 13.8 Å². The van der Waals surface area contributed by atoms with Crippen LogP contribution in [-0.4, -0.2) is 38.4 Å². The predicted octanol–water partition coefficient (Wildman–Crippen LogP) is 1.98. The summed E-state index contributed by atoms with van der Waals surface area (Å²) in [4.78, 5) is 11.4. The van der Waals surface area contributed by atoms with Crippen molar-refractivity contribution in [1.82, 2.24) is 5.32 Å². The highest BCUT2D eigenvalue weighted by atomic mass is 16.5. The third-order valence-electron chi connectivity index (χ3n) is 2.02. The summed E-state index contributed by atoms with van der Waals surface area (Å²) in [6.07, 6.45) is 1.53. The van der Waals surface area contributed by atoms with E-state index in [0.29, 0.717) is 32.1 Å². The molecule has 0 aliphatic rings. The number of rotatable bonds is 10. The molecule has 0 bridgehead atoms. The van der Waals surface area contributed by atoms with E-state index < -0.39 is 0 Å². The van der Waals surface area contributed by atoms with E-state index >= 15 is 0 Å². The van der Waals surface area contributed by atoms with Crippen molar-refractivity contribution in [2.45, 2.75) is 46.6 Å². The third kappa shape index (κ3) is 13.3. The molecule has 17 heavy (non-hydrogen) atoms. The van der Waals surface area contributed by atoms with E-state index in [1.54, 1.807) is 0 Å². The van der Waals surface area contributed by atoms with Gasteiger partial charge in [0, 0.05) is 26.2 Å². The van der Waals surface area contributed by atoms with Crippen LogP contribution in [0.25, 0.3) is 0 Å². The molecule has 102 valence electrons. The standard InChI is InChI=1S/C13H27NO3/c1-11(2)10-16-8-5-6-13(15)14-7-9-17-12(3)4/h11-12H,5-10H2,1-4H3,(H,14,15). The first-order chi connectivity index (χ1) is 8.02. The van der Waals surface area contributed by atoms with Gasteiger partial charge in [0.25, 0.3) is 0 Å². The topological polar surface area (TPSA) is 47.6 Å². The number of ether oxygens (including phenoxy) is 2. The average Bonchev–Trinajstić information content (AvgIpc) is 2.23. The van der Waals surface area contributed by atoms with Crippen molar-refractivity contribution >= 4 is 5.91 Å². The highest BCUT2D eigenvalue weighted by Crippen LogP contribution is 1.95. The number of nitrogens with one attached hydrogen (secondary N) is 1. The second-order valence-electron chi connectivity index (χ2n) is 4.84. The lowest BCUT2D eigenvalue weighted by Crippen LogP contribution is -2.28. The van der Waals surface area contributed by atoms with Crippen molar-refractivity contribution < 1.29 is 14.3 Å². The Kier molecular flexibility index (Phi) is 10.2. The second kappa shape index (κ2) is 10.5. The Balaban J connectivity index is 3.23. The molecule has 0 rings (SSSR count). The van der Waals surface area contributed by atoms with Crippen molar-refractivity contribution in [3.05, 3.63) is 0 Å². The largest absolute Gasteiger partial charge is 0.381 e. The summed E-state index contributed by atoms with van der Waals surface area (Å²) in [5.74, 6) is 0.627.